The Kier molecular flexibility index (Phi) is 5.76. The summed E-state index contributed by atoms with van der Waals surface area (Å²) in [6.07, 6.45) is 0.797. The maximum atomic E-state index is 13.3. The molecule has 0 saturated carbocycles. The Morgan fingerprint density at radius 2 is 1.87 bits per heavy atom. The van der Waals surface area contributed by atoms with Crippen LogP contribution in [-0.4, -0.2) is 38.4 Å². The molecule has 1 N–H and O–H groups in total. The topological polar surface area (TPSA) is 97.1 Å². The van der Waals surface area contributed by atoms with E-state index in [4.69, 9.17) is 9.15 Å². The van der Waals surface area contributed by atoms with E-state index < -0.39 is 21.8 Å². The van der Waals surface area contributed by atoms with Gasteiger partial charge in [0.15, 0.2) is 0 Å². The largest absolute Gasteiger partial charge is 0.489 e. The molecule has 0 aliphatic rings. The molecule has 30 heavy (non-hydrogen) atoms. The third kappa shape index (κ3) is 4.11. The second-order valence-electron chi connectivity index (χ2n) is 7.03. The molecule has 0 aliphatic carbocycles. The van der Waals surface area contributed by atoms with Gasteiger partial charge in [0.05, 0.1) is 18.0 Å². The molecule has 0 radical (unpaired) electrons. The molecule has 0 saturated heterocycles. The standard InChI is InChI=1S/C21H22FNO6S/c1-5-23(30(4,26)27)16-11-17-15(10-18(16)28-12(2)3)19(21(24)25)20(29-17)13-6-8-14(22)9-7-13/h6-12H,5H2,1-4H3,(H,24,25). The normalized spacial score (nSPS) is 11.8. The Hall–Kier alpha value is -3.07. The first-order valence-electron chi connectivity index (χ1n) is 9.27. The van der Waals surface area contributed by atoms with Crippen LogP contribution in [0.4, 0.5) is 10.1 Å². The Bertz CT molecular complexity index is 1200. The van der Waals surface area contributed by atoms with Crippen molar-refractivity contribution in [2.75, 3.05) is 17.1 Å². The zero-order valence-electron chi connectivity index (χ0n) is 17.0. The summed E-state index contributed by atoms with van der Waals surface area (Å²) in [6.45, 7) is 5.39. The van der Waals surface area contributed by atoms with E-state index >= 15 is 0 Å². The fourth-order valence-corrected chi connectivity index (χ4v) is 4.22. The number of rotatable bonds is 7. The number of anilines is 1. The van der Waals surface area contributed by atoms with Crippen molar-refractivity contribution >= 4 is 32.6 Å². The highest BCUT2D eigenvalue weighted by Crippen LogP contribution is 2.41. The molecule has 0 amide bonds. The summed E-state index contributed by atoms with van der Waals surface area (Å²) in [5.41, 5.74) is 0.699. The number of hydrogen-bond donors (Lipinski definition) is 1. The van der Waals surface area contributed by atoms with Crippen molar-refractivity contribution in [3.63, 3.8) is 0 Å². The summed E-state index contributed by atoms with van der Waals surface area (Å²) in [5.74, 6) is -1.42. The van der Waals surface area contributed by atoms with Gasteiger partial charge in [-0.05, 0) is 51.1 Å². The van der Waals surface area contributed by atoms with Crippen molar-refractivity contribution in [2.24, 2.45) is 0 Å². The van der Waals surface area contributed by atoms with E-state index in [1.54, 1.807) is 20.8 Å². The molecule has 0 bridgehead atoms. The minimum Gasteiger partial charge on any atom is -0.489 e. The van der Waals surface area contributed by atoms with Gasteiger partial charge in [0, 0.05) is 23.6 Å². The number of sulfonamides is 1. The van der Waals surface area contributed by atoms with E-state index in [9.17, 15) is 22.7 Å². The van der Waals surface area contributed by atoms with Crippen LogP contribution in [-0.2, 0) is 10.0 Å². The van der Waals surface area contributed by atoms with E-state index in [1.807, 2.05) is 0 Å². The molecule has 3 rings (SSSR count). The second kappa shape index (κ2) is 7.98. The Labute approximate surface area is 173 Å². The van der Waals surface area contributed by atoms with Crippen molar-refractivity contribution in [2.45, 2.75) is 26.9 Å². The number of nitrogens with zero attached hydrogens (tertiary/aromatic N) is 1. The first-order chi connectivity index (χ1) is 14.0. The molecule has 160 valence electrons. The van der Waals surface area contributed by atoms with Crippen molar-refractivity contribution in [1.29, 1.82) is 0 Å². The third-order valence-electron chi connectivity index (χ3n) is 4.41. The number of carboxylic acids is 1. The van der Waals surface area contributed by atoms with E-state index in [0.29, 0.717) is 5.56 Å². The van der Waals surface area contributed by atoms with Crippen LogP contribution in [0.15, 0.2) is 40.8 Å². The van der Waals surface area contributed by atoms with Gasteiger partial charge in [0.1, 0.15) is 28.5 Å². The van der Waals surface area contributed by atoms with Gasteiger partial charge in [-0.3, -0.25) is 4.31 Å². The zero-order chi connectivity index (χ0) is 22.2. The van der Waals surface area contributed by atoms with Crippen LogP contribution >= 0.6 is 0 Å². The molecule has 0 fully saturated rings. The summed E-state index contributed by atoms with van der Waals surface area (Å²) >= 11 is 0. The molecule has 7 nitrogen and oxygen atoms in total. The van der Waals surface area contributed by atoms with Crippen LogP contribution in [0.2, 0.25) is 0 Å². The fourth-order valence-electron chi connectivity index (χ4n) is 3.26. The van der Waals surface area contributed by atoms with Crippen LogP contribution in [0.5, 0.6) is 5.75 Å². The van der Waals surface area contributed by atoms with Gasteiger partial charge in [-0.15, -0.1) is 0 Å². The van der Waals surface area contributed by atoms with Crippen LogP contribution < -0.4 is 9.04 Å². The number of halogens is 1. The third-order valence-corrected chi connectivity index (χ3v) is 5.66. The number of aromatic carboxylic acids is 1. The summed E-state index contributed by atoms with van der Waals surface area (Å²) in [5, 5.41) is 10.1. The quantitative estimate of drug-likeness (QED) is 0.586. The van der Waals surface area contributed by atoms with Gasteiger partial charge in [-0.25, -0.2) is 17.6 Å². The van der Waals surface area contributed by atoms with Gasteiger partial charge < -0.3 is 14.3 Å². The van der Waals surface area contributed by atoms with Crippen LogP contribution in [0.1, 0.15) is 31.1 Å². The van der Waals surface area contributed by atoms with Crippen LogP contribution in [0.25, 0.3) is 22.3 Å². The molecular weight excluding hydrogens is 413 g/mol. The average Bonchev–Trinajstić information content (AvgIpc) is 3.00. The summed E-state index contributed by atoms with van der Waals surface area (Å²) in [4.78, 5) is 12.0. The minimum atomic E-state index is -3.62. The van der Waals surface area contributed by atoms with E-state index in [-0.39, 0.29) is 46.4 Å². The number of furan rings is 1. The lowest BCUT2D eigenvalue weighted by Crippen LogP contribution is -2.30. The van der Waals surface area contributed by atoms with E-state index in [0.717, 1.165) is 10.6 Å². The van der Waals surface area contributed by atoms with Gasteiger partial charge >= 0.3 is 5.97 Å². The van der Waals surface area contributed by atoms with Gasteiger partial charge in [0.25, 0.3) is 0 Å². The Balaban J connectivity index is 2.34. The highest BCUT2D eigenvalue weighted by atomic mass is 32.2. The molecule has 0 unspecified atom stereocenters. The molecule has 0 atom stereocenters. The molecule has 3 aromatic rings. The van der Waals surface area contributed by atoms with Gasteiger partial charge in [-0.2, -0.15) is 0 Å². The summed E-state index contributed by atoms with van der Waals surface area (Å²) in [7, 11) is -3.62. The zero-order valence-corrected chi connectivity index (χ0v) is 17.8. The van der Waals surface area contributed by atoms with Crippen LogP contribution in [0.3, 0.4) is 0 Å². The van der Waals surface area contributed by atoms with Crippen molar-refractivity contribution in [3.8, 4) is 17.1 Å². The molecule has 0 aliphatic heterocycles. The first kappa shape index (κ1) is 21.6. The highest BCUT2D eigenvalue weighted by Gasteiger charge is 2.27. The maximum Gasteiger partial charge on any atom is 0.340 e. The molecule has 1 aromatic heterocycles. The molecule has 2 aromatic carbocycles. The SMILES string of the molecule is CCN(c1cc2oc(-c3ccc(F)cc3)c(C(=O)O)c2cc1OC(C)C)S(C)(=O)=O. The molecular formula is C21H22FNO6S. The number of fused-ring (bicyclic) bond motifs is 1. The molecule has 0 spiro atoms. The number of carboxylic acid groups (broad SMARTS) is 1. The van der Waals surface area contributed by atoms with Crippen molar-refractivity contribution in [3.05, 3.63) is 47.8 Å². The van der Waals surface area contributed by atoms with Gasteiger partial charge in [0.2, 0.25) is 10.0 Å². The number of hydrogen-bond acceptors (Lipinski definition) is 5. The molecule has 9 heteroatoms. The Morgan fingerprint density at radius 3 is 2.37 bits per heavy atom. The number of carbonyl (C=O) groups is 1. The minimum absolute atomic E-state index is 0.0487. The van der Waals surface area contributed by atoms with Crippen LogP contribution in [0, 0.1) is 5.82 Å². The van der Waals surface area contributed by atoms with E-state index in [2.05, 4.69) is 0 Å². The monoisotopic (exact) mass is 435 g/mol. The predicted octanol–water partition coefficient (Wildman–Crippen LogP) is 4.51. The molecule has 1 heterocycles. The lowest BCUT2D eigenvalue weighted by atomic mass is 10.0. The number of benzene rings is 2. The smallest absolute Gasteiger partial charge is 0.340 e. The second-order valence-corrected chi connectivity index (χ2v) is 8.94. The fraction of sp³-hybridized carbons (Fsp3) is 0.286. The number of ether oxygens (including phenoxy) is 1. The maximum absolute atomic E-state index is 13.3. The van der Waals surface area contributed by atoms with Crippen molar-refractivity contribution in [1.82, 2.24) is 0 Å². The van der Waals surface area contributed by atoms with Gasteiger partial charge in [-0.1, -0.05) is 0 Å². The average molecular weight is 435 g/mol. The summed E-state index contributed by atoms with van der Waals surface area (Å²) in [6, 6.07) is 8.17. The lowest BCUT2D eigenvalue weighted by molar-refractivity contribution is 0.0699. The lowest BCUT2D eigenvalue weighted by Gasteiger charge is -2.24. The van der Waals surface area contributed by atoms with E-state index in [1.165, 1.54) is 36.4 Å². The summed E-state index contributed by atoms with van der Waals surface area (Å²) < 4.78 is 50.6. The predicted molar refractivity (Wildman–Crippen MR) is 112 cm³/mol. The Morgan fingerprint density at radius 1 is 1.23 bits per heavy atom. The first-order valence-corrected chi connectivity index (χ1v) is 11.1. The van der Waals surface area contributed by atoms with Crippen molar-refractivity contribution < 1.29 is 31.9 Å². The highest BCUT2D eigenvalue weighted by molar-refractivity contribution is 7.92.